The molecule has 1 heterocycles. The van der Waals surface area contributed by atoms with Crippen molar-refractivity contribution in [2.75, 3.05) is 7.11 Å². The van der Waals surface area contributed by atoms with Crippen LogP contribution in [0.2, 0.25) is 0 Å². The number of rotatable bonds is 4. The third-order valence-electron chi connectivity index (χ3n) is 2.75. The van der Waals surface area contributed by atoms with E-state index in [2.05, 4.69) is 25.7 Å². The lowest BCUT2D eigenvalue weighted by Gasteiger charge is -2.09. The van der Waals surface area contributed by atoms with Crippen LogP contribution < -0.4 is 4.74 Å². The normalized spacial score (nSPS) is 10.1. The predicted octanol–water partition coefficient (Wildman–Crippen LogP) is 3.64. The average molecular weight is 367 g/mol. The summed E-state index contributed by atoms with van der Waals surface area (Å²) in [5, 5.41) is 11.1. The Morgan fingerprint density at radius 1 is 1.27 bits per heavy atom. The number of aryl methyl sites for hydroxylation is 1. The number of ether oxygens (including phenoxy) is 2. The Morgan fingerprint density at radius 3 is 2.59 bits per heavy atom. The number of pyridine rings is 1. The van der Waals surface area contributed by atoms with Crippen molar-refractivity contribution in [1.29, 1.82) is 0 Å². The number of halogens is 1. The Balaban J connectivity index is 2.46. The standard InChI is InChI=1S/C14H11BrN2O5/c1-8-3-6-11(13(15)16-8)22-12-7-9(14(18)21-2)4-5-10(12)17(19)20/h3-7H,1-2H3. The van der Waals surface area contributed by atoms with E-state index in [-0.39, 0.29) is 17.0 Å². The second kappa shape index (κ2) is 6.52. The molecule has 8 heteroatoms. The van der Waals surface area contributed by atoms with E-state index in [1.807, 2.05) is 0 Å². The number of nitrogens with zero attached hydrogens (tertiary/aromatic N) is 2. The van der Waals surface area contributed by atoms with Gasteiger partial charge in [0.15, 0.2) is 5.75 Å². The van der Waals surface area contributed by atoms with Crippen molar-refractivity contribution in [3.8, 4) is 11.5 Å². The number of methoxy groups -OCH3 is 1. The van der Waals surface area contributed by atoms with Crippen LogP contribution in [0.4, 0.5) is 5.69 Å². The zero-order valence-corrected chi connectivity index (χ0v) is 13.3. The van der Waals surface area contributed by atoms with Crippen molar-refractivity contribution < 1.29 is 19.2 Å². The summed E-state index contributed by atoms with van der Waals surface area (Å²) in [7, 11) is 1.23. The highest BCUT2D eigenvalue weighted by Gasteiger charge is 2.20. The van der Waals surface area contributed by atoms with Gasteiger partial charge in [0, 0.05) is 17.8 Å². The smallest absolute Gasteiger partial charge is 0.337 e. The van der Waals surface area contributed by atoms with Gasteiger partial charge in [-0.1, -0.05) is 0 Å². The first-order valence-corrected chi connectivity index (χ1v) is 6.89. The first-order chi connectivity index (χ1) is 10.4. The summed E-state index contributed by atoms with van der Waals surface area (Å²) in [5.41, 5.74) is 0.649. The van der Waals surface area contributed by atoms with E-state index in [0.29, 0.717) is 10.4 Å². The maximum absolute atomic E-state index is 11.5. The number of benzene rings is 1. The largest absolute Gasteiger partial charge is 0.465 e. The summed E-state index contributed by atoms with van der Waals surface area (Å²) in [6, 6.07) is 7.09. The van der Waals surface area contributed by atoms with Crippen LogP contribution in [0.25, 0.3) is 0 Å². The lowest BCUT2D eigenvalue weighted by Crippen LogP contribution is -2.03. The fraction of sp³-hybridized carbons (Fsp3) is 0.143. The third-order valence-corrected chi connectivity index (χ3v) is 3.32. The lowest BCUT2D eigenvalue weighted by molar-refractivity contribution is -0.385. The van der Waals surface area contributed by atoms with E-state index in [0.717, 1.165) is 5.69 Å². The van der Waals surface area contributed by atoms with Crippen LogP contribution in [0.15, 0.2) is 34.9 Å². The molecule has 0 N–H and O–H groups in total. The molecule has 0 atom stereocenters. The fourth-order valence-electron chi connectivity index (χ4n) is 1.70. The first-order valence-electron chi connectivity index (χ1n) is 6.10. The number of esters is 1. The van der Waals surface area contributed by atoms with Gasteiger partial charge in [0.2, 0.25) is 5.75 Å². The Morgan fingerprint density at radius 2 is 2.00 bits per heavy atom. The van der Waals surface area contributed by atoms with Gasteiger partial charge >= 0.3 is 11.7 Å². The van der Waals surface area contributed by atoms with E-state index < -0.39 is 10.9 Å². The zero-order valence-electron chi connectivity index (χ0n) is 11.7. The number of nitro benzene ring substituents is 1. The lowest BCUT2D eigenvalue weighted by atomic mass is 10.2. The minimum Gasteiger partial charge on any atom is -0.465 e. The summed E-state index contributed by atoms with van der Waals surface area (Å²) in [5.74, 6) is -0.379. The van der Waals surface area contributed by atoms with Gasteiger partial charge in [-0.25, -0.2) is 9.78 Å². The molecule has 0 amide bonds. The van der Waals surface area contributed by atoms with Gasteiger partial charge in [-0.2, -0.15) is 0 Å². The van der Waals surface area contributed by atoms with E-state index >= 15 is 0 Å². The molecule has 22 heavy (non-hydrogen) atoms. The van der Waals surface area contributed by atoms with E-state index in [9.17, 15) is 14.9 Å². The van der Waals surface area contributed by atoms with Crippen molar-refractivity contribution in [2.45, 2.75) is 6.92 Å². The quantitative estimate of drug-likeness (QED) is 0.355. The highest BCUT2D eigenvalue weighted by atomic mass is 79.9. The van der Waals surface area contributed by atoms with Gasteiger partial charge in [-0.3, -0.25) is 10.1 Å². The molecule has 0 saturated heterocycles. The number of hydrogen-bond acceptors (Lipinski definition) is 6. The minimum atomic E-state index is -0.610. The first kappa shape index (κ1) is 15.9. The maximum atomic E-state index is 11.5. The van der Waals surface area contributed by atoms with Crippen molar-refractivity contribution in [3.05, 3.63) is 56.3 Å². The molecule has 0 aliphatic rings. The number of nitro groups is 1. The molecule has 0 spiro atoms. The molecule has 0 unspecified atom stereocenters. The van der Waals surface area contributed by atoms with Gasteiger partial charge in [0.1, 0.15) is 4.60 Å². The van der Waals surface area contributed by atoms with E-state index in [1.165, 1.54) is 25.3 Å². The van der Waals surface area contributed by atoms with Crippen LogP contribution in [0.3, 0.4) is 0 Å². The molecule has 2 rings (SSSR count). The molecule has 1 aromatic carbocycles. The summed E-state index contributed by atoms with van der Waals surface area (Å²) in [4.78, 5) is 26.2. The maximum Gasteiger partial charge on any atom is 0.337 e. The Labute approximate surface area is 134 Å². The molecule has 114 valence electrons. The Hall–Kier alpha value is -2.48. The highest BCUT2D eigenvalue weighted by Crippen LogP contribution is 2.35. The minimum absolute atomic E-state index is 0.0701. The van der Waals surface area contributed by atoms with Gasteiger partial charge in [0.25, 0.3) is 0 Å². The van der Waals surface area contributed by atoms with Crippen LogP contribution in [0.1, 0.15) is 16.1 Å². The predicted molar refractivity (Wildman–Crippen MR) is 81.2 cm³/mol. The zero-order chi connectivity index (χ0) is 16.3. The van der Waals surface area contributed by atoms with Crippen LogP contribution in [-0.2, 0) is 4.74 Å². The highest BCUT2D eigenvalue weighted by molar-refractivity contribution is 9.10. The number of carbonyl (C=O) groups excluding carboxylic acids is 1. The molecule has 2 aromatic rings. The van der Waals surface area contributed by atoms with Crippen molar-refractivity contribution in [1.82, 2.24) is 4.98 Å². The van der Waals surface area contributed by atoms with Crippen molar-refractivity contribution in [3.63, 3.8) is 0 Å². The fourth-order valence-corrected chi connectivity index (χ4v) is 2.19. The summed E-state index contributed by atoms with van der Waals surface area (Å²) in [6.07, 6.45) is 0. The molecule has 0 radical (unpaired) electrons. The second-order valence-corrected chi connectivity index (χ2v) is 5.03. The van der Waals surface area contributed by atoms with Crippen molar-refractivity contribution in [2.24, 2.45) is 0 Å². The molecular formula is C14H11BrN2O5. The Kier molecular flexibility index (Phi) is 4.71. The molecule has 0 bridgehead atoms. The summed E-state index contributed by atoms with van der Waals surface area (Å²) in [6.45, 7) is 1.80. The van der Waals surface area contributed by atoms with Crippen molar-refractivity contribution >= 4 is 27.6 Å². The number of aromatic nitrogens is 1. The molecule has 0 aliphatic carbocycles. The van der Waals surface area contributed by atoms with Gasteiger partial charge in [0.05, 0.1) is 17.6 Å². The van der Waals surface area contributed by atoms with Crippen LogP contribution in [0, 0.1) is 17.0 Å². The van der Waals surface area contributed by atoms with Crippen LogP contribution in [0.5, 0.6) is 11.5 Å². The number of carbonyl (C=O) groups is 1. The van der Waals surface area contributed by atoms with E-state index in [1.54, 1.807) is 19.1 Å². The third kappa shape index (κ3) is 3.40. The topological polar surface area (TPSA) is 91.6 Å². The molecule has 7 nitrogen and oxygen atoms in total. The van der Waals surface area contributed by atoms with Gasteiger partial charge in [-0.05, 0) is 41.1 Å². The molecule has 0 saturated carbocycles. The SMILES string of the molecule is COC(=O)c1ccc([N+](=O)[O-])c(Oc2ccc(C)nc2Br)c1. The second-order valence-electron chi connectivity index (χ2n) is 4.27. The average Bonchev–Trinajstić information content (AvgIpc) is 2.49. The molecule has 0 aliphatic heterocycles. The summed E-state index contributed by atoms with van der Waals surface area (Å²) < 4.78 is 10.5. The summed E-state index contributed by atoms with van der Waals surface area (Å²) >= 11 is 3.23. The monoisotopic (exact) mass is 366 g/mol. The number of hydrogen-bond donors (Lipinski definition) is 0. The van der Waals surface area contributed by atoms with E-state index in [4.69, 9.17) is 4.74 Å². The molecule has 0 fully saturated rings. The molecular weight excluding hydrogens is 356 g/mol. The van der Waals surface area contributed by atoms with Crippen LogP contribution in [-0.4, -0.2) is 23.0 Å². The van der Waals surface area contributed by atoms with Gasteiger partial charge in [-0.15, -0.1) is 0 Å². The van der Waals surface area contributed by atoms with Gasteiger partial charge < -0.3 is 9.47 Å². The van der Waals surface area contributed by atoms with Crippen LogP contribution >= 0.6 is 15.9 Å². The molecule has 1 aromatic heterocycles. The Bertz CT molecular complexity index is 748.